The van der Waals surface area contributed by atoms with Gasteiger partial charge in [0.1, 0.15) is 5.52 Å². The number of piperidine rings is 1. The molecule has 5 heteroatoms. The lowest BCUT2D eigenvalue weighted by Crippen LogP contribution is -2.43. The Hall–Kier alpha value is -1.88. The average Bonchev–Trinajstić information content (AvgIpc) is 2.98. The monoisotopic (exact) mass is 297 g/mol. The van der Waals surface area contributed by atoms with Crippen LogP contribution in [-0.2, 0) is 5.54 Å². The summed E-state index contributed by atoms with van der Waals surface area (Å²) in [7, 11) is 0. The molecular weight excluding hydrogens is 278 g/mol. The average molecular weight is 297 g/mol. The fraction of sp³-hybridized carbons (Fsp3) is 0.529. The Morgan fingerprint density at radius 2 is 2.23 bits per heavy atom. The van der Waals surface area contributed by atoms with E-state index in [4.69, 9.17) is 15.1 Å². The predicted molar refractivity (Wildman–Crippen MR) is 81.3 cm³/mol. The van der Waals surface area contributed by atoms with Crippen molar-refractivity contribution in [3.05, 3.63) is 29.7 Å². The van der Waals surface area contributed by atoms with E-state index >= 15 is 0 Å². The highest BCUT2D eigenvalue weighted by molar-refractivity contribution is 6.03. The summed E-state index contributed by atoms with van der Waals surface area (Å²) in [5.74, 6) is 1.11. The van der Waals surface area contributed by atoms with Crippen LogP contribution in [0.3, 0.4) is 0 Å². The van der Waals surface area contributed by atoms with Gasteiger partial charge in [0.2, 0.25) is 5.89 Å². The standard InChI is InChI=1S/C17H19N3O2/c18-15(21)12-2-1-3-13-14(12)22-16(19-13)17-7-6-10(8-17)9-20(17)11-4-5-11/h1-3,10-11H,4-9H2,(H2,18,21)/t10-,17+/m0/s1. The van der Waals surface area contributed by atoms with Crippen molar-refractivity contribution >= 4 is 17.0 Å². The van der Waals surface area contributed by atoms with Crippen LogP contribution in [-0.4, -0.2) is 28.4 Å². The number of primary amides is 1. The Balaban J connectivity index is 1.67. The van der Waals surface area contributed by atoms with E-state index in [2.05, 4.69) is 4.90 Å². The second kappa shape index (κ2) is 4.10. The van der Waals surface area contributed by atoms with E-state index in [1.807, 2.05) is 12.1 Å². The summed E-state index contributed by atoms with van der Waals surface area (Å²) in [6.07, 6.45) is 6.10. The molecule has 114 valence electrons. The minimum atomic E-state index is -0.458. The molecule has 3 aliphatic rings. The number of oxazole rings is 1. The zero-order valence-corrected chi connectivity index (χ0v) is 12.4. The Labute approximate surface area is 128 Å². The first-order chi connectivity index (χ1) is 10.7. The molecule has 5 rings (SSSR count). The molecule has 1 aromatic carbocycles. The van der Waals surface area contributed by atoms with Crippen molar-refractivity contribution in [3.63, 3.8) is 0 Å². The van der Waals surface area contributed by atoms with Crippen molar-refractivity contribution in [2.24, 2.45) is 11.7 Å². The summed E-state index contributed by atoms with van der Waals surface area (Å²) in [5, 5.41) is 0. The lowest BCUT2D eigenvalue weighted by atomic mass is 9.96. The van der Waals surface area contributed by atoms with Crippen molar-refractivity contribution in [2.45, 2.75) is 43.7 Å². The zero-order chi connectivity index (χ0) is 14.9. The first-order valence-electron chi connectivity index (χ1n) is 8.14. The molecule has 2 atom stereocenters. The largest absolute Gasteiger partial charge is 0.438 e. The van der Waals surface area contributed by atoms with E-state index in [1.54, 1.807) is 6.07 Å². The first kappa shape index (κ1) is 12.6. The van der Waals surface area contributed by atoms with Gasteiger partial charge in [-0.2, -0.15) is 0 Å². The number of nitrogens with two attached hydrogens (primary N) is 1. The maximum atomic E-state index is 11.6. The minimum Gasteiger partial charge on any atom is -0.438 e. The van der Waals surface area contributed by atoms with Crippen LogP contribution in [0.4, 0.5) is 0 Å². The summed E-state index contributed by atoms with van der Waals surface area (Å²) < 4.78 is 6.12. The molecule has 2 aliphatic carbocycles. The van der Waals surface area contributed by atoms with Gasteiger partial charge in [-0.15, -0.1) is 0 Å². The predicted octanol–water partition coefficient (Wildman–Crippen LogP) is 2.40. The normalized spacial score (nSPS) is 31.2. The highest BCUT2D eigenvalue weighted by atomic mass is 16.4. The van der Waals surface area contributed by atoms with Crippen molar-refractivity contribution < 1.29 is 9.21 Å². The number of fused-ring (bicyclic) bond motifs is 3. The van der Waals surface area contributed by atoms with Gasteiger partial charge >= 0.3 is 0 Å². The van der Waals surface area contributed by atoms with Crippen LogP contribution in [0.5, 0.6) is 0 Å². The van der Waals surface area contributed by atoms with Crippen molar-refractivity contribution in [1.82, 2.24) is 9.88 Å². The number of carbonyl (C=O) groups is 1. The van der Waals surface area contributed by atoms with Gasteiger partial charge in [0.15, 0.2) is 5.58 Å². The highest BCUT2D eigenvalue weighted by Gasteiger charge is 2.58. The summed E-state index contributed by atoms with van der Waals surface area (Å²) in [6, 6.07) is 6.13. The molecule has 0 spiro atoms. The zero-order valence-electron chi connectivity index (χ0n) is 12.4. The minimum absolute atomic E-state index is 0.0419. The smallest absolute Gasteiger partial charge is 0.252 e. The molecule has 0 unspecified atom stereocenters. The summed E-state index contributed by atoms with van der Waals surface area (Å²) >= 11 is 0. The Morgan fingerprint density at radius 1 is 1.36 bits per heavy atom. The van der Waals surface area contributed by atoms with Crippen LogP contribution >= 0.6 is 0 Å². The molecule has 2 N–H and O–H groups in total. The van der Waals surface area contributed by atoms with Crippen LogP contribution in [0.15, 0.2) is 22.6 Å². The molecule has 2 heterocycles. The molecule has 5 nitrogen and oxygen atoms in total. The second-order valence-corrected chi connectivity index (χ2v) is 7.06. The number of hydrogen-bond acceptors (Lipinski definition) is 4. The van der Waals surface area contributed by atoms with Gasteiger partial charge in [-0.25, -0.2) is 4.98 Å². The third-order valence-corrected chi connectivity index (χ3v) is 5.66. The third-order valence-electron chi connectivity index (χ3n) is 5.66. The summed E-state index contributed by atoms with van der Waals surface area (Å²) in [6.45, 7) is 1.17. The fourth-order valence-electron chi connectivity index (χ4n) is 4.54. The van der Waals surface area contributed by atoms with Crippen molar-refractivity contribution in [2.75, 3.05) is 6.54 Å². The van der Waals surface area contributed by atoms with Crippen LogP contribution in [0.1, 0.15) is 48.4 Å². The van der Waals surface area contributed by atoms with E-state index in [0.29, 0.717) is 17.2 Å². The molecule has 1 aromatic heterocycles. The second-order valence-electron chi connectivity index (χ2n) is 7.06. The van der Waals surface area contributed by atoms with Gasteiger partial charge in [-0.05, 0) is 50.2 Å². The number of carbonyl (C=O) groups excluding carboxylic acids is 1. The van der Waals surface area contributed by atoms with Gasteiger partial charge < -0.3 is 10.2 Å². The van der Waals surface area contributed by atoms with E-state index < -0.39 is 5.91 Å². The number of amides is 1. The van der Waals surface area contributed by atoms with Crippen LogP contribution in [0, 0.1) is 5.92 Å². The van der Waals surface area contributed by atoms with E-state index in [1.165, 1.54) is 25.8 Å². The topological polar surface area (TPSA) is 72.4 Å². The quantitative estimate of drug-likeness (QED) is 0.944. The molecular formula is C17H19N3O2. The molecule has 1 aliphatic heterocycles. The van der Waals surface area contributed by atoms with Crippen molar-refractivity contribution in [3.8, 4) is 0 Å². The first-order valence-corrected chi connectivity index (χ1v) is 8.14. The highest BCUT2D eigenvalue weighted by Crippen LogP contribution is 2.56. The molecule has 22 heavy (non-hydrogen) atoms. The number of hydrogen-bond donors (Lipinski definition) is 1. The SMILES string of the molecule is NC(=O)c1cccc2nc([C@]34CC[C@H](CN3C3CC3)C4)oc12. The Morgan fingerprint density at radius 3 is 2.95 bits per heavy atom. The number of nitrogens with zero attached hydrogens (tertiary/aromatic N) is 2. The maximum absolute atomic E-state index is 11.6. The number of rotatable bonds is 3. The summed E-state index contributed by atoms with van der Waals surface area (Å²) in [4.78, 5) is 19.0. The Kier molecular flexibility index (Phi) is 2.36. The van der Waals surface area contributed by atoms with Gasteiger partial charge in [0, 0.05) is 12.6 Å². The van der Waals surface area contributed by atoms with Crippen LogP contribution in [0.2, 0.25) is 0 Å². The summed E-state index contributed by atoms with van der Waals surface area (Å²) in [5.41, 5.74) is 7.14. The molecule has 2 saturated carbocycles. The van der Waals surface area contributed by atoms with E-state index in [-0.39, 0.29) is 5.54 Å². The molecule has 1 saturated heterocycles. The number of likely N-dealkylation sites (tertiary alicyclic amines) is 1. The lowest BCUT2D eigenvalue weighted by Gasteiger charge is -2.36. The van der Waals surface area contributed by atoms with E-state index in [9.17, 15) is 4.79 Å². The van der Waals surface area contributed by atoms with Crippen LogP contribution in [0.25, 0.3) is 11.1 Å². The Bertz CT molecular complexity index is 779. The van der Waals surface area contributed by atoms with E-state index in [0.717, 1.165) is 30.2 Å². The maximum Gasteiger partial charge on any atom is 0.252 e. The number of benzene rings is 1. The molecule has 0 radical (unpaired) electrons. The van der Waals surface area contributed by atoms with Gasteiger partial charge in [-0.3, -0.25) is 9.69 Å². The molecule has 1 amide bonds. The molecule has 2 bridgehead atoms. The van der Waals surface area contributed by atoms with Gasteiger partial charge in [-0.1, -0.05) is 6.07 Å². The van der Waals surface area contributed by atoms with Gasteiger partial charge in [0.05, 0.1) is 11.1 Å². The lowest BCUT2D eigenvalue weighted by molar-refractivity contribution is 0.0801. The van der Waals surface area contributed by atoms with Crippen LogP contribution < -0.4 is 5.73 Å². The molecule has 3 fully saturated rings. The third kappa shape index (κ3) is 1.57. The van der Waals surface area contributed by atoms with Gasteiger partial charge in [0.25, 0.3) is 5.91 Å². The van der Waals surface area contributed by atoms with Crippen molar-refractivity contribution in [1.29, 1.82) is 0 Å². The number of aromatic nitrogens is 1. The number of para-hydroxylation sites is 1. The molecule has 2 aromatic rings. The fourth-order valence-corrected chi connectivity index (χ4v) is 4.54.